The molecule has 2 aliphatic carbocycles. The molecule has 0 aliphatic heterocycles. The van der Waals surface area contributed by atoms with E-state index in [4.69, 9.17) is 0 Å². The van der Waals surface area contributed by atoms with Crippen molar-refractivity contribution >= 4 is 0 Å². The zero-order chi connectivity index (χ0) is 12.6. The maximum Gasteiger partial charge on any atom is 0.0729 e. The monoisotopic (exact) mass is 235 g/mol. The molecule has 0 aromatic rings. The van der Waals surface area contributed by atoms with E-state index >= 15 is 0 Å². The van der Waals surface area contributed by atoms with Crippen LogP contribution in [0.1, 0.15) is 53.4 Å². The summed E-state index contributed by atoms with van der Waals surface area (Å²) in [5.41, 5.74) is 2.00. The maximum atomic E-state index is 4.12. The number of nitrogens with two attached hydrogens (primary N) is 1. The summed E-state index contributed by atoms with van der Waals surface area (Å²) in [7, 11) is 4.12. The standard InChI is InChI=1S/C16H29N/c1-11(2)13-8-9-16(4,17-5)15-7-6-12(3)10-14(13)15/h10-11,13-15H,5-9,17H2,1-4H3/t13-,14-,15-,16+/m0/s1. The molecule has 0 spiro atoms. The van der Waals surface area contributed by atoms with Crippen molar-refractivity contribution in [2.45, 2.75) is 58.9 Å². The molecule has 0 heterocycles. The van der Waals surface area contributed by atoms with E-state index in [0.717, 1.165) is 23.7 Å². The zero-order valence-corrected chi connectivity index (χ0v) is 12.0. The van der Waals surface area contributed by atoms with Crippen molar-refractivity contribution in [3.8, 4) is 0 Å². The lowest BCUT2D eigenvalue weighted by molar-refractivity contribution is -0.686. The molecule has 0 aromatic heterocycles. The van der Waals surface area contributed by atoms with Crippen LogP contribution in [0.15, 0.2) is 11.6 Å². The quantitative estimate of drug-likeness (QED) is 0.559. The highest BCUT2D eigenvalue weighted by Gasteiger charge is 2.47. The smallest absolute Gasteiger partial charge is 0.0729 e. The largest absolute Gasteiger partial charge is 0.474 e. The van der Waals surface area contributed by atoms with E-state index in [-0.39, 0.29) is 0 Å². The molecule has 17 heavy (non-hydrogen) atoms. The van der Waals surface area contributed by atoms with Gasteiger partial charge in [0.25, 0.3) is 0 Å². The van der Waals surface area contributed by atoms with Crippen LogP contribution in [0.4, 0.5) is 0 Å². The van der Waals surface area contributed by atoms with Gasteiger partial charge in [0.15, 0.2) is 0 Å². The Hall–Kier alpha value is -0.300. The van der Waals surface area contributed by atoms with E-state index in [1.165, 1.54) is 25.7 Å². The van der Waals surface area contributed by atoms with Crippen LogP contribution in [-0.2, 0) is 0 Å². The van der Waals surface area contributed by atoms with Crippen molar-refractivity contribution in [3.05, 3.63) is 18.7 Å². The van der Waals surface area contributed by atoms with Gasteiger partial charge in [0.2, 0.25) is 0 Å². The van der Waals surface area contributed by atoms with Crippen molar-refractivity contribution < 1.29 is 5.32 Å². The number of hydrogen-bond acceptors (Lipinski definition) is 0. The van der Waals surface area contributed by atoms with E-state index in [1.807, 2.05) is 0 Å². The van der Waals surface area contributed by atoms with Crippen LogP contribution >= 0.6 is 0 Å². The van der Waals surface area contributed by atoms with Crippen LogP contribution in [-0.4, -0.2) is 5.54 Å². The SMILES string of the molecule is [CH2-][NH2+][C@]1(C)CC[C@@H](C(C)C)[C@@H]2C=C(C)CC[C@@H]21. The first-order valence-corrected chi connectivity index (χ1v) is 7.29. The van der Waals surface area contributed by atoms with Crippen molar-refractivity contribution in [3.63, 3.8) is 0 Å². The van der Waals surface area contributed by atoms with Gasteiger partial charge in [-0.25, -0.2) is 0 Å². The zero-order valence-electron chi connectivity index (χ0n) is 12.0. The van der Waals surface area contributed by atoms with Gasteiger partial charge in [-0.15, -0.1) is 0 Å². The minimum Gasteiger partial charge on any atom is -0.474 e. The third-order valence-electron chi connectivity index (χ3n) is 5.47. The highest BCUT2D eigenvalue weighted by atomic mass is 14.9. The molecule has 4 atom stereocenters. The van der Waals surface area contributed by atoms with Gasteiger partial charge < -0.3 is 5.32 Å². The molecule has 1 nitrogen and oxygen atoms in total. The van der Waals surface area contributed by atoms with Crippen molar-refractivity contribution in [2.75, 3.05) is 0 Å². The fourth-order valence-electron chi connectivity index (χ4n) is 4.18. The summed E-state index contributed by atoms with van der Waals surface area (Å²) < 4.78 is 0. The van der Waals surface area contributed by atoms with Gasteiger partial charge in [-0.05, 0) is 50.9 Å². The highest BCUT2D eigenvalue weighted by molar-refractivity contribution is 5.13. The van der Waals surface area contributed by atoms with E-state index in [1.54, 1.807) is 5.57 Å². The number of allylic oxidation sites excluding steroid dienone is 2. The molecule has 98 valence electrons. The molecule has 2 rings (SSSR count). The maximum absolute atomic E-state index is 4.12. The van der Waals surface area contributed by atoms with Gasteiger partial charge in [0, 0.05) is 12.3 Å². The minimum absolute atomic E-state index is 0.382. The molecule has 2 aliphatic rings. The van der Waals surface area contributed by atoms with E-state index in [2.05, 4.69) is 46.1 Å². The Morgan fingerprint density at radius 1 is 1.41 bits per heavy atom. The molecule has 2 N–H and O–H groups in total. The summed E-state index contributed by atoms with van der Waals surface area (Å²) in [6.07, 6.45) is 7.99. The molecule has 1 heteroatoms. The van der Waals surface area contributed by atoms with Crippen LogP contribution in [0.5, 0.6) is 0 Å². The van der Waals surface area contributed by atoms with E-state index < -0.39 is 0 Å². The summed E-state index contributed by atoms with van der Waals surface area (Å²) in [4.78, 5) is 0. The Labute approximate surface area is 107 Å². The third-order valence-corrected chi connectivity index (χ3v) is 5.47. The molecule has 1 saturated carbocycles. The van der Waals surface area contributed by atoms with Gasteiger partial charge in [-0.1, -0.05) is 25.5 Å². The molecular formula is C16H29N. The fourth-order valence-corrected chi connectivity index (χ4v) is 4.18. The molecular weight excluding hydrogens is 206 g/mol. The number of quaternary nitrogens is 1. The summed E-state index contributed by atoms with van der Waals surface area (Å²) >= 11 is 0. The van der Waals surface area contributed by atoms with Crippen LogP contribution in [0, 0.1) is 30.7 Å². The van der Waals surface area contributed by atoms with Crippen molar-refractivity contribution in [1.82, 2.24) is 0 Å². The van der Waals surface area contributed by atoms with Crippen LogP contribution in [0.2, 0.25) is 0 Å². The predicted molar refractivity (Wildman–Crippen MR) is 73.2 cm³/mol. The minimum atomic E-state index is 0.382. The first-order valence-electron chi connectivity index (χ1n) is 7.29. The van der Waals surface area contributed by atoms with Crippen molar-refractivity contribution in [1.29, 1.82) is 0 Å². The van der Waals surface area contributed by atoms with Gasteiger partial charge >= 0.3 is 0 Å². The third kappa shape index (κ3) is 2.31. The lowest BCUT2D eigenvalue weighted by atomic mass is 9.57. The van der Waals surface area contributed by atoms with Gasteiger partial charge in [0.05, 0.1) is 5.54 Å². The van der Waals surface area contributed by atoms with Gasteiger partial charge in [-0.3, -0.25) is 0 Å². The predicted octanol–water partition coefficient (Wildman–Crippen LogP) is 3.14. The highest BCUT2D eigenvalue weighted by Crippen LogP contribution is 2.48. The van der Waals surface area contributed by atoms with Crippen LogP contribution in [0.3, 0.4) is 0 Å². The Bertz CT molecular complexity index is 305. The Balaban J connectivity index is 2.29. The fraction of sp³-hybridized carbons (Fsp3) is 0.812. The lowest BCUT2D eigenvalue weighted by Gasteiger charge is -2.51. The van der Waals surface area contributed by atoms with Gasteiger partial charge in [0.1, 0.15) is 0 Å². The first kappa shape index (κ1) is 13.1. The Morgan fingerprint density at radius 2 is 2.12 bits per heavy atom. The first-order chi connectivity index (χ1) is 7.98. The second-order valence-electron chi connectivity index (χ2n) is 6.89. The summed E-state index contributed by atoms with van der Waals surface area (Å²) in [5.74, 6) is 3.35. The molecule has 0 radical (unpaired) electrons. The normalized spacial score (nSPS) is 42.2. The van der Waals surface area contributed by atoms with Crippen molar-refractivity contribution in [2.24, 2.45) is 23.7 Å². The topological polar surface area (TPSA) is 16.6 Å². The molecule has 0 saturated heterocycles. The summed E-state index contributed by atoms with van der Waals surface area (Å²) in [6.45, 7) is 9.54. The summed E-state index contributed by atoms with van der Waals surface area (Å²) in [6, 6.07) is 0. The van der Waals surface area contributed by atoms with E-state index in [9.17, 15) is 0 Å². The van der Waals surface area contributed by atoms with Crippen LogP contribution < -0.4 is 5.32 Å². The van der Waals surface area contributed by atoms with Crippen LogP contribution in [0.25, 0.3) is 0 Å². The average Bonchev–Trinajstić information content (AvgIpc) is 2.28. The lowest BCUT2D eigenvalue weighted by Crippen LogP contribution is -2.93. The van der Waals surface area contributed by atoms with E-state index in [0.29, 0.717) is 5.54 Å². The Morgan fingerprint density at radius 3 is 2.71 bits per heavy atom. The Kier molecular flexibility index (Phi) is 3.68. The second kappa shape index (κ2) is 4.76. The number of rotatable bonds is 2. The molecule has 0 aromatic carbocycles. The summed E-state index contributed by atoms with van der Waals surface area (Å²) in [5, 5.41) is 2.25. The number of fused-ring (bicyclic) bond motifs is 1. The molecule has 1 fully saturated rings. The number of hydrogen-bond donors (Lipinski definition) is 1. The van der Waals surface area contributed by atoms with Gasteiger partial charge in [-0.2, -0.15) is 7.05 Å². The molecule has 0 unspecified atom stereocenters. The second-order valence-corrected chi connectivity index (χ2v) is 6.89. The molecule has 0 amide bonds. The average molecular weight is 235 g/mol. The molecule has 0 bridgehead atoms.